The molecule has 0 saturated heterocycles. The third-order valence-electron chi connectivity index (χ3n) is 2.31. The number of nitrogens with zero attached hydrogens (tertiary/aromatic N) is 1. The number of halogens is 1. The summed E-state index contributed by atoms with van der Waals surface area (Å²) in [6.45, 7) is 4.29. The first-order valence-electron chi connectivity index (χ1n) is 4.41. The third kappa shape index (κ3) is 1.74. The Kier molecular flexibility index (Phi) is 2.70. The van der Waals surface area contributed by atoms with Crippen LogP contribution >= 0.6 is 27.3 Å². The van der Waals surface area contributed by atoms with E-state index in [-0.39, 0.29) is 0 Å². The Balaban J connectivity index is 2.49. The second-order valence-corrected chi connectivity index (χ2v) is 5.19. The summed E-state index contributed by atoms with van der Waals surface area (Å²) in [6, 6.07) is 8.36. The molecule has 14 heavy (non-hydrogen) atoms. The molecule has 1 aromatic heterocycles. The first-order valence-corrected chi connectivity index (χ1v) is 6.08. The fourth-order valence-electron chi connectivity index (χ4n) is 1.32. The fraction of sp³-hybridized carbons (Fsp3) is 0.182. The molecular weight excluding hydrogens is 258 g/mol. The molecule has 0 unspecified atom stereocenters. The molecule has 1 aromatic carbocycles. The average molecular weight is 269 g/mol. The van der Waals surface area contributed by atoms with Crippen LogP contribution in [0.3, 0.4) is 0 Å². The maximum Gasteiger partial charge on any atom is 0.231 e. The van der Waals surface area contributed by atoms with E-state index in [9.17, 15) is 0 Å². The standard InChI is InChI=1S/C11H11BrNS/c1-8-9(2)14-7-13(8)11-5-3-10(12)4-6-11/h3-7H,1-2H3/q+1. The Labute approximate surface area is 96.2 Å². The summed E-state index contributed by atoms with van der Waals surface area (Å²) < 4.78 is 3.33. The van der Waals surface area contributed by atoms with Crippen LogP contribution < -0.4 is 4.57 Å². The van der Waals surface area contributed by atoms with Gasteiger partial charge in [-0.15, -0.1) is 0 Å². The molecule has 1 nitrogen and oxygen atoms in total. The second kappa shape index (κ2) is 3.83. The predicted molar refractivity (Wildman–Crippen MR) is 63.0 cm³/mol. The molecule has 0 atom stereocenters. The SMILES string of the molecule is Cc1sc[n+](-c2ccc(Br)cc2)c1C. The molecule has 0 N–H and O–H groups in total. The molecule has 2 rings (SSSR count). The second-order valence-electron chi connectivity index (χ2n) is 3.21. The van der Waals surface area contributed by atoms with Gasteiger partial charge in [0.15, 0.2) is 5.69 Å². The zero-order valence-corrected chi connectivity index (χ0v) is 10.5. The van der Waals surface area contributed by atoms with Crippen LogP contribution in [0.1, 0.15) is 10.6 Å². The molecular formula is C11H11BrNS+. The van der Waals surface area contributed by atoms with Crippen molar-refractivity contribution in [2.75, 3.05) is 0 Å². The van der Waals surface area contributed by atoms with Crippen LogP contribution in [0.4, 0.5) is 0 Å². The van der Waals surface area contributed by atoms with Crippen molar-refractivity contribution in [3.05, 3.63) is 44.8 Å². The molecule has 1 heterocycles. The highest BCUT2D eigenvalue weighted by atomic mass is 79.9. The zero-order chi connectivity index (χ0) is 10.1. The average Bonchev–Trinajstić information content (AvgIpc) is 2.50. The molecule has 0 aliphatic heterocycles. The van der Waals surface area contributed by atoms with Gasteiger partial charge in [0.05, 0.1) is 4.88 Å². The van der Waals surface area contributed by atoms with E-state index in [2.05, 4.69) is 64.1 Å². The lowest BCUT2D eigenvalue weighted by molar-refractivity contribution is -0.597. The summed E-state index contributed by atoms with van der Waals surface area (Å²) >= 11 is 5.22. The quantitative estimate of drug-likeness (QED) is 0.698. The van der Waals surface area contributed by atoms with E-state index >= 15 is 0 Å². The molecule has 0 spiro atoms. The van der Waals surface area contributed by atoms with Crippen molar-refractivity contribution < 1.29 is 4.57 Å². The zero-order valence-electron chi connectivity index (χ0n) is 8.12. The number of thiazole rings is 1. The van der Waals surface area contributed by atoms with Crippen molar-refractivity contribution in [3.8, 4) is 5.69 Å². The lowest BCUT2D eigenvalue weighted by Crippen LogP contribution is -2.30. The highest BCUT2D eigenvalue weighted by Crippen LogP contribution is 2.14. The molecule has 72 valence electrons. The van der Waals surface area contributed by atoms with Crippen LogP contribution in [0, 0.1) is 13.8 Å². The van der Waals surface area contributed by atoms with Gasteiger partial charge in [-0.3, -0.25) is 0 Å². The smallest absolute Gasteiger partial charge is 0.154 e. The molecule has 0 amide bonds. The number of hydrogen-bond donors (Lipinski definition) is 0. The molecule has 2 aromatic rings. The summed E-state index contributed by atoms with van der Waals surface area (Å²) in [5.74, 6) is 0. The van der Waals surface area contributed by atoms with Crippen molar-refractivity contribution in [2.45, 2.75) is 13.8 Å². The molecule has 0 aliphatic carbocycles. The Morgan fingerprint density at radius 1 is 1.14 bits per heavy atom. The van der Waals surface area contributed by atoms with Crippen molar-refractivity contribution >= 4 is 27.3 Å². The monoisotopic (exact) mass is 268 g/mol. The summed E-state index contributed by atoms with van der Waals surface area (Å²) in [4.78, 5) is 1.37. The van der Waals surface area contributed by atoms with E-state index in [4.69, 9.17) is 0 Å². The number of rotatable bonds is 1. The molecule has 0 saturated carbocycles. The van der Waals surface area contributed by atoms with Gasteiger partial charge in [0.2, 0.25) is 11.2 Å². The first-order chi connectivity index (χ1) is 6.68. The van der Waals surface area contributed by atoms with Crippen molar-refractivity contribution in [3.63, 3.8) is 0 Å². The highest BCUT2D eigenvalue weighted by Gasteiger charge is 2.13. The Hall–Kier alpha value is -0.670. The van der Waals surface area contributed by atoms with E-state index in [0.717, 1.165) is 4.47 Å². The van der Waals surface area contributed by atoms with Crippen LogP contribution in [0.25, 0.3) is 5.69 Å². The Morgan fingerprint density at radius 3 is 2.29 bits per heavy atom. The minimum atomic E-state index is 1.12. The van der Waals surface area contributed by atoms with Gasteiger partial charge in [0, 0.05) is 23.5 Å². The van der Waals surface area contributed by atoms with Gasteiger partial charge in [0.1, 0.15) is 0 Å². The minimum absolute atomic E-state index is 1.12. The highest BCUT2D eigenvalue weighted by molar-refractivity contribution is 9.10. The van der Waals surface area contributed by atoms with Gasteiger partial charge in [0.25, 0.3) is 0 Å². The van der Waals surface area contributed by atoms with Crippen LogP contribution in [-0.2, 0) is 0 Å². The van der Waals surface area contributed by atoms with Gasteiger partial charge in [-0.05, 0) is 19.1 Å². The maximum atomic E-state index is 3.44. The molecule has 3 heteroatoms. The molecule has 0 radical (unpaired) electrons. The van der Waals surface area contributed by atoms with Gasteiger partial charge < -0.3 is 0 Å². The summed E-state index contributed by atoms with van der Waals surface area (Å²) in [5.41, 5.74) is 4.68. The topological polar surface area (TPSA) is 3.88 Å². The maximum absolute atomic E-state index is 3.44. The van der Waals surface area contributed by atoms with Gasteiger partial charge in [-0.2, -0.15) is 4.57 Å². The van der Waals surface area contributed by atoms with Gasteiger partial charge in [-0.1, -0.05) is 27.3 Å². The van der Waals surface area contributed by atoms with Crippen LogP contribution in [0.15, 0.2) is 34.2 Å². The molecule has 0 bridgehead atoms. The number of aromatic nitrogens is 1. The summed E-state index contributed by atoms with van der Waals surface area (Å²) in [5, 5.41) is 0. The van der Waals surface area contributed by atoms with E-state index in [0.29, 0.717) is 0 Å². The number of hydrogen-bond acceptors (Lipinski definition) is 1. The van der Waals surface area contributed by atoms with Crippen molar-refractivity contribution in [1.29, 1.82) is 0 Å². The fourth-order valence-corrected chi connectivity index (χ4v) is 2.40. The van der Waals surface area contributed by atoms with E-state index in [1.54, 1.807) is 11.3 Å². The lowest BCUT2D eigenvalue weighted by Gasteiger charge is -1.94. The predicted octanol–water partition coefficient (Wildman–Crippen LogP) is 3.40. The van der Waals surface area contributed by atoms with E-state index < -0.39 is 0 Å². The van der Waals surface area contributed by atoms with Gasteiger partial charge >= 0.3 is 0 Å². The van der Waals surface area contributed by atoms with Crippen molar-refractivity contribution in [1.82, 2.24) is 0 Å². The first kappa shape index (κ1) is 9.87. The normalized spacial score (nSPS) is 10.5. The van der Waals surface area contributed by atoms with Crippen molar-refractivity contribution in [2.24, 2.45) is 0 Å². The van der Waals surface area contributed by atoms with Crippen LogP contribution in [0.5, 0.6) is 0 Å². The van der Waals surface area contributed by atoms with Gasteiger partial charge in [-0.25, -0.2) is 0 Å². The Morgan fingerprint density at radius 2 is 1.79 bits per heavy atom. The van der Waals surface area contributed by atoms with Crippen LogP contribution in [0.2, 0.25) is 0 Å². The molecule has 0 fully saturated rings. The third-order valence-corrected chi connectivity index (χ3v) is 3.80. The minimum Gasteiger partial charge on any atom is -0.154 e. The van der Waals surface area contributed by atoms with E-state index in [1.807, 2.05) is 0 Å². The summed E-state index contributed by atoms with van der Waals surface area (Å²) in [7, 11) is 0. The van der Waals surface area contributed by atoms with E-state index in [1.165, 1.54) is 16.3 Å². The Bertz CT molecular complexity index is 445. The lowest BCUT2D eigenvalue weighted by atomic mass is 10.3. The number of aryl methyl sites for hydroxylation is 1. The summed E-state index contributed by atoms with van der Waals surface area (Å²) in [6.07, 6.45) is 0. The van der Waals surface area contributed by atoms with Crippen LogP contribution in [-0.4, -0.2) is 0 Å². The largest absolute Gasteiger partial charge is 0.231 e. The number of benzene rings is 1. The molecule has 0 aliphatic rings.